The number of ether oxygens (including phenoxy) is 1. The summed E-state index contributed by atoms with van der Waals surface area (Å²) in [4.78, 5) is 14.5. The van der Waals surface area contributed by atoms with Crippen molar-refractivity contribution in [1.82, 2.24) is 10.2 Å². The molecule has 1 unspecified atom stereocenters. The second kappa shape index (κ2) is 8.65. The summed E-state index contributed by atoms with van der Waals surface area (Å²) in [5.74, 6) is 0. The number of aliphatic hydroxyl groups excluding tert-OH is 1. The predicted molar refractivity (Wildman–Crippen MR) is 97.7 cm³/mol. The van der Waals surface area contributed by atoms with Crippen LogP contribution in [-0.4, -0.2) is 54.5 Å². The fraction of sp³-hybridized carbons (Fsp3) is 0.632. The summed E-state index contributed by atoms with van der Waals surface area (Å²) in [6.45, 7) is 5.71. The van der Waals surface area contributed by atoms with Gasteiger partial charge in [-0.3, -0.25) is 4.90 Å². The van der Waals surface area contributed by atoms with Crippen molar-refractivity contribution in [3.63, 3.8) is 0 Å². The lowest BCUT2D eigenvalue weighted by molar-refractivity contribution is 0.0198. The number of urea groups is 1. The lowest BCUT2D eigenvalue weighted by atomic mass is 9.93. The second-order valence-electron chi connectivity index (χ2n) is 7.05. The SMILES string of the molecule is CC(c1ccc(NC(=O)NC2CCC(O)CC2)cc1)N1CCOCC1. The van der Waals surface area contributed by atoms with Crippen LogP contribution in [0.3, 0.4) is 0 Å². The van der Waals surface area contributed by atoms with Gasteiger partial charge in [-0.15, -0.1) is 0 Å². The molecule has 6 heteroatoms. The molecule has 0 spiro atoms. The second-order valence-corrected chi connectivity index (χ2v) is 7.05. The zero-order chi connectivity index (χ0) is 17.6. The van der Waals surface area contributed by atoms with Gasteiger partial charge < -0.3 is 20.5 Å². The molecular weight excluding hydrogens is 318 g/mol. The number of nitrogens with zero attached hydrogens (tertiary/aromatic N) is 1. The number of morpholine rings is 1. The van der Waals surface area contributed by atoms with Crippen molar-refractivity contribution in [3.8, 4) is 0 Å². The molecule has 3 N–H and O–H groups in total. The van der Waals surface area contributed by atoms with E-state index in [4.69, 9.17) is 4.74 Å². The number of benzene rings is 1. The highest BCUT2D eigenvalue weighted by molar-refractivity contribution is 5.89. The third-order valence-corrected chi connectivity index (χ3v) is 5.28. The van der Waals surface area contributed by atoms with E-state index in [-0.39, 0.29) is 18.2 Å². The first-order valence-corrected chi connectivity index (χ1v) is 9.29. The number of carbonyl (C=O) groups is 1. The van der Waals surface area contributed by atoms with Gasteiger partial charge in [0.25, 0.3) is 0 Å². The van der Waals surface area contributed by atoms with Gasteiger partial charge in [-0.05, 0) is 50.3 Å². The third-order valence-electron chi connectivity index (χ3n) is 5.28. The van der Waals surface area contributed by atoms with Crippen LogP contribution < -0.4 is 10.6 Å². The number of amides is 2. The molecule has 0 aromatic heterocycles. The minimum Gasteiger partial charge on any atom is -0.393 e. The van der Waals surface area contributed by atoms with Crippen LogP contribution in [0.25, 0.3) is 0 Å². The molecule has 2 amide bonds. The topological polar surface area (TPSA) is 73.8 Å². The van der Waals surface area contributed by atoms with Crippen LogP contribution in [-0.2, 0) is 4.74 Å². The predicted octanol–water partition coefficient (Wildman–Crippen LogP) is 2.50. The summed E-state index contributed by atoms with van der Waals surface area (Å²) in [6.07, 6.45) is 3.00. The van der Waals surface area contributed by atoms with Crippen molar-refractivity contribution >= 4 is 11.7 Å². The van der Waals surface area contributed by atoms with Gasteiger partial charge in [0.15, 0.2) is 0 Å². The molecule has 1 saturated heterocycles. The van der Waals surface area contributed by atoms with E-state index in [1.165, 1.54) is 5.56 Å². The lowest BCUT2D eigenvalue weighted by Gasteiger charge is -2.32. The number of nitrogens with one attached hydrogen (secondary N) is 2. The lowest BCUT2D eigenvalue weighted by Crippen LogP contribution is -2.40. The maximum absolute atomic E-state index is 12.1. The molecular formula is C19H29N3O3. The monoisotopic (exact) mass is 347 g/mol. The van der Waals surface area contributed by atoms with E-state index in [1.807, 2.05) is 12.1 Å². The molecule has 1 aliphatic carbocycles. The van der Waals surface area contributed by atoms with Crippen LogP contribution in [0, 0.1) is 0 Å². The summed E-state index contributed by atoms with van der Waals surface area (Å²) < 4.78 is 5.41. The van der Waals surface area contributed by atoms with Gasteiger partial charge in [0.2, 0.25) is 0 Å². The number of rotatable bonds is 4. The molecule has 2 aliphatic rings. The van der Waals surface area contributed by atoms with E-state index in [2.05, 4.69) is 34.6 Å². The van der Waals surface area contributed by atoms with Gasteiger partial charge in [-0.25, -0.2) is 4.79 Å². The molecule has 6 nitrogen and oxygen atoms in total. The highest BCUT2D eigenvalue weighted by Crippen LogP contribution is 2.23. The Morgan fingerprint density at radius 3 is 2.44 bits per heavy atom. The maximum atomic E-state index is 12.1. The zero-order valence-corrected chi connectivity index (χ0v) is 14.9. The van der Waals surface area contributed by atoms with Crippen molar-refractivity contribution in [2.75, 3.05) is 31.6 Å². The Hall–Kier alpha value is -1.63. The fourth-order valence-electron chi connectivity index (χ4n) is 3.59. The Labute approximate surface area is 149 Å². The largest absolute Gasteiger partial charge is 0.393 e. The Balaban J connectivity index is 1.49. The summed E-state index contributed by atoms with van der Waals surface area (Å²) in [6, 6.07) is 8.40. The van der Waals surface area contributed by atoms with Crippen LogP contribution in [0.5, 0.6) is 0 Å². The molecule has 0 bridgehead atoms. The summed E-state index contributed by atoms with van der Waals surface area (Å²) >= 11 is 0. The average molecular weight is 347 g/mol. The zero-order valence-electron chi connectivity index (χ0n) is 14.9. The number of carbonyl (C=O) groups excluding carboxylic acids is 1. The molecule has 1 heterocycles. The number of hydrogen-bond acceptors (Lipinski definition) is 4. The molecule has 1 aliphatic heterocycles. The molecule has 25 heavy (non-hydrogen) atoms. The van der Waals surface area contributed by atoms with Gasteiger partial charge in [-0.1, -0.05) is 12.1 Å². The summed E-state index contributed by atoms with van der Waals surface area (Å²) in [7, 11) is 0. The third kappa shape index (κ3) is 5.17. The first kappa shape index (κ1) is 18.2. The van der Waals surface area contributed by atoms with Gasteiger partial charge in [0.1, 0.15) is 0 Å². The molecule has 1 atom stereocenters. The Kier molecular flexibility index (Phi) is 6.29. The molecule has 1 aromatic rings. The minimum atomic E-state index is -0.206. The molecule has 2 fully saturated rings. The highest BCUT2D eigenvalue weighted by Gasteiger charge is 2.21. The van der Waals surface area contributed by atoms with Gasteiger partial charge >= 0.3 is 6.03 Å². The molecule has 1 aromatic carbocycles. The van der Waals surface area contributed by atoms with Crippen molar-refractivity contribution in [2.45, 2.75) is 50.8 Å². The standard InChI is InChI=1S/C19H29N3O3/c1-14(22-10-12-25-13-11-22)15-2-4-16(5-3-15)20-19(24)21-17-6-8-18(23)9-7-17/h2-5,14,17-18,23H,6-13H2,1H3,(H2,20,21,24). The Morgan fingerprint density at radius 2 is 1.80 bits per heavy atom. The average Bonchev–Trinajstić information content (AvgIpc) is 2.64. The van der Waals surface area contributed by atoms with Crippen LogP contribution in [0.2, 0.25) is 0 Å². The number of anilines is 1. The van der Waals surface area contributed by atoms with Gasteiger partial charge in [0.05, 0.1) is 19.3 Å². The quantitative estimate of drug-likeness (QED) is 0.782. The van der Waals surface area contributed by atoms with Crippen molar-refractivity contribution in [1.29, 1.82) is 0 Å². The molecule has 0 radical (unpaired) electrons. The first-order valence-electron chi connectivity index (χ1n) is 9.29. The minimum absolute atomic E-state index is 0.156. The molecule has 3 rings (SSSR count). The van der Waals surface area contributed by atoms with E-state index >= 15 is 0 Å². The van der Waals surface area contributed by atoms with Crippen LogP contribution in [0.1, 0.15) is 44.2 Å². The summed E-state index contributed by atoms with van der Waals surface area (Å²) in [5, 5.41) is 15.4. The highest BCUT2D eigenvalue weighted by atomic mass is 16.5. The Bertz CT molecular complexity index is 550. The van der Waals surface area contributed by atoms with E-state index in [9.17, 15) is 9.90 Å². The van der Waals surface area contributed by atoms with E-state index in [0.29, 0.717) is 6.04 Å². The number of hydrogen-bond donors (Lipinski definition) is 3. The fourth-order valence-corrected chi connectivity index (χ4v) is 3.59. The van der Waals surface area contributed by atoms with E-state index in [0.717, 1.165) is 57.7 Å². The van der Waals surface area contributed by atoms with Crippen molar-refractivity contribution < 1.29 is 14.6 Å². The van der Waals surface area contributed by atoms with E-state index < -0.39 is 0 Å². The first-order chi connectivity index (χ1) is 12.1. The molecule has 1 saturated carbocycles. The maximum Gasteiger partial charge on any atom is 0.319 e. The number of aliphatic hydroxyl groups is 1. The van der Waals surface area contributed by atoms with Gasteiger partial charge in [0, 0.05) is 30.9 Å². The van der Waals surface area contributed by atoms with E-state index in [1.54, 1.807) is 0 Å². The molecule has 138 valence electrons. The Morgan fingerprint density at radius 1 is 1.16 bits per heavy atom. The van der Waals surface area contributed by atoms with Crippen LogP contribution in [0.15, 0.2) is 24.3 Å². The van der Waals surface area contributed by atoms with Gasteiger partial charge in [-0.2, -0.15) is 0 Å². The van der Waals surface area contributed by atoms with Crippen molar-refractivity contribution in [3.05, 3.63) is 29.8 Å². The smallest absolute Gasteiger partial charge is 0.319 e. The normalized spacial score (nSPS) is 26.0. The van der Waals surface area contributed by atoms with Crippen LogP contribution in [0.4, 0.5) is 10.5 Å². The van der Waals surface area contributed by atoms with Crippen LogP contribution >= 0.6 is 0 Å². The summed E-state index contributed by atoms with van der Waals surface area (Å²) in [5.41, 5.74) is 2.04. The van der Waals surface area contributed by atoms with Crippen molar-refractivity contribution in [2.24, 2.45) is 0 Å².